The van der Waals surface area contributed by atoms with Gasteiger partial charge in [0.25, 0.3) is 5.91 Å². The van der Waals surface area contributed by atoms with E-state index >= 15 is 0 Å². The molecule has 1 aliphatic rings. The summed E-state index contributed by atoms with van der Waals surface area (Å²) < 4.78 is 11.6. The van der Waals surface area contributed by atoms with E-state index in [2.05, 4.69) is 4.98 Å². The van der Waals surface area contributed by atoms with E-state index in [1.165, 1.54) is 30.2 Å². The number of benzene rings is 1. The summed E-state index contributed by atoms with van der Waals surface area (Å²) in [6.45, 7) is 0.904. The molecule has 26 heavy (non-hydrogen) atoms. The van der Waals surface area contributed by atoms with Crippen LogP contribution in [0.2, 0.25) is 0 Å². The SMILES string of the molecule is COC(=O)[C@@H]1CN(C(=O)c2ccc(-c3nc4ccccc4s3)o2)CCS1. The van der Waals surface area contributed by atoms with E-state index in [4.69, 9.17) is 9.15 Å². The van der Waals surface area contributed by atoms with Crippen molar-refractivity contribution in [1.82, 2.24) is 9.88 Å². The van der Waals surface area contributed by atoms with Gasteiger partial charge in [-0.05, 0) is 24.3 Å². The Morgan fingerprint density at radius 3 is 2.92 bits per heavy atom. The number of hydrogen-bond acceptors (Lipinski definition) is 7. The zero-order valence-corrected chi connectivity index (χ0v) is 15.6. The van der Waals surface area contributed by atoms with E-state index in [1.807, 2.05) is 24.3 Å². The van der Waals surface area contributed by atoms with Crippen molar-refractivity contribution in [3.05, 3.63) is 42.2 Å². The monoisotopic (exact) mass is 388 g/mol. The molecule has 0 bridgehead atoms. The Morgan fingerprint density at radius 1 is 1.27 bits per heavy atom. The number of carbonyl (C=O) groups is 2. The van der Waals surface area contributed by atoms with Gasteiger partial charge in [0.05, 0.1) is 17.3 Å². The highest BCUT2D eigenvalue weighted by molar-refractivity contribution is 8.00. The van der Waals surface area contributed by atoms with Gasteiger partial charge in [0.1, 0.15) is 5.25 Å². The van der Waals surface area contributed by atoms with Gasteiger partial charge in [-0.3, -0.25) is 9.59 Å². The number of thioether (sulfide) groups is 1. The summed E-state index contributed by atoms with van der Waals surface area (Å²) in [5.74, 6) is 1.01. The number of furan rings is 1. The number of aromatic nitrogens is 1. The minimum atomic E-state index is -0.351. The number of para-hydroxylation sites is 1. The number of hydrogen-bond donors (Lipinski definition) is 0. The average molecular weight is 388 g/mol. The second-order valence-electron chi connectivity index (χ2n) is 5.78. The zero-order chi connectivity index (χ0) is 18.1. The molecule has 6 nitrogen and oxygen atoms in total. The molecule has 0 radical (unpaired) electrons. The van der Waals surface area contributed by atoms with Crippen LogP contribution in [0.15, 0.2) is 40.8 Å². The quantitative estimate of drug-likeness (QED) is 0.641. The molecule has 1 fully saturated rings. The average Bonchev–Trinajstić information content (AvgIpc) is 3.33. The van der Waals surface area contributed by atoms with Gasteiger partial charge in [-0.25, -0.2) is 4.98 Å². The molecule has 1 aromatic carbocycles. The maximum Gasteiger partial charge on any atom is 0.320 e. The Labute approximate surface area is 158 Å². The minimum absolute atomic E-state index is 0.216. The van der Waals surface area contributed by atoms with E-state index < -0.39 is 0 Å². The first-order valence-corrected chi connectivity index (χ1v) is 9.96. The molecule has 0 spiro atoms. The van der Waals surface area contributed by atoms with Gasteiger partial charge in [-0.2, -0.15) is 0 Å². The van der Waals surface area contributed by atoms with Gasteiger partial charge in [0, 0.05) is 18.8 Å². The van der Waals surface area contributed by atoms with Crippen LogP contribution in [0, 0.1) is 0 Å². The van der Waals surface area contributed by atoms with Crippen molar-refractivity contribution in [3.63, 3.8) is 0 Å². The standard InChI is InChI=1S/C18H16N2O4S2/c1-23-18(22)15-10-20(8-9-25-15)17(21)13-7-6-12(24-13)16-19-11-4-2-3-5-14(11)26-16/h2-7,15H,8-10H2,1H3/t15-/m0/s1. The van der Waals surface area contributed by atoms with Crippen LogP contribution in [0.5, 0.6) is 0 Å². The maximum atomic E-state index is 12.7. The molecule has 134 valence electrons. The van der Waals surface area contributed by atoms with Crippen LogP contribution in [0.4, 0.5) is 0 Å². The Bertz CT molecular complexity index is 932. The van der Waals surface area contributed by atoms with Crippen molar-refractivity contribution >= 4 is 45.2 Å². The Hall–Kier alpha value is -2.32. The molecule has 0 saturated carbocycles. The van der Waals surface area contributed by atoms with Crippen LogP contribution in [0.25, 0.3) is 21.0 Å². The van der Waals surface area contributed by atoms with Crippen LogP contribution >= 0.6 is 23.1 Å². The number of nitrogens with zero attached hydrogens (tertiary/aromatic N) is 2. The fourth-order valence-corrected chi connectivity index (χ4v) is 4.86. The van der Waals surface area contributed by atoms with Crippen molar-refractivity contribution in [2.75, 3.05) is 26.0 Å². The smallest absolute Gasteiger partial charge is 0.320 e. The van der Waals surface area contributed by atoms with Gasteiger partial charge < -0.3 is 14.1 Å². The third kappa shape index (κ3) is 3.22. The molecule has 8 heteroatoms. The second-order valence-corrected chi connectivity index (χ2v) is 8.13. The molecule has 3 heterocycles. The molecule has 1 amide bonds. The zero-order valence-electron chi connectivity index (χ0n) is 14.0. The van der Waals surface area contributed by atoms with Crippen molar-refractivity contribution < 1.29 is 18.7 Å². The summed E-state index contributed by atoms with van der Waals surface area (Å²) in [5, 5.41) is 0.392. The molecule has 0 unspecified atom stereocenters. The lowest BCUT2D eigenvalue weighted by Crippen LogP contribution is -2.44. The summed E-state index contributed by atoms with van der Waals surface area (Å²) >= 11 is 3.03. The highest BCUT2D eigenvalue weighted by atomic mass is 32.2. The van der Waals surface area contributed by atoms with Crippen LogP contribution in [0.3, 0.4) is 0 Å². The van der Waals surface area contributed by atoms with E-state index in [-0.39, 0.29) is 22.9 Å². The first-order valence-electron chi connectivity index (χ1n) is 8.10. The lowest BCUT2D eigenvalue weighted by Gasteiger charge is -2.30. The topological polar surface area (TPSA) is 72.6 Å². The summed E-state index contributed by atoms with van der Waals surface area (Å²) in [7, 11) is 1.36. The number of thiazole rings is 1. The van der Waals surface area contributed by atoms with Gasteiger partial charge in [0.15, 0.2) is 16.5 Å². The van der Waals surface area contributed by atoms with Crippen LogP contribution in [-0.4, -0.2) is 53.0 Å². The van der Waals surface area contributed by atoms with Crippen molar-refractivity contribution in [3.8, 4) is 10.8 Å². The van der Waals surface area contributed by atoms with Crippen molar-refractivity contribution in [2.45, 2.75) is 5.25 Å². The highest BCUT2D eigenvalue weighted by Crippen LogP contribution is 2.31. The van der Waals surface area contributed by atoms with E-state index in [0.29, 0.717) is 24.6 Å². The molecule has 1 atom stereocenters. The van der Waals surface area contributed by atoms with Gasteiger partial charge >= 0.3 is 5.97 Å². The van der Waals surface area contributed by atoms with Crippen LogP contribution in [0.1, 0.15) is 10.6 Å². The lowest BCUT2D eigenvalue weighted by atomic mass is 10.3. The summed E-state index contributed by atoms with van der Waals surface area (Å²) in [4.78, 5) is 30.6. The molecule has 1 saturated heterocycles. The summed E-state index contributed by atoms with van der Waals surface area (Å²) in [5.41, 5.74) is 0.908. The number of rotatable bonds is 3. The first-order chi connectivity index (χ1) is 12.7. The summed E-state index contributed by atoms with van der Waals surface area (Å²) in [6.07, 6.45) is 0. The number of ether oxygens (including phenoxy) is 1. The predicted molar refractivity (Wildman–Crippen MR) is 101 cm³/mol. The largest absolute Gasteiger partial charge is 0.468 e. The number of carbonyl (C=O) groups excluding carboxylic acids is 2. The molecule has 4 rings (SSSR count). The number of methoxy groups -OCH3 is 1. The van der Waals surface area contributed by atoms with Crippen molar-refractivity contribution in [2.24, 2.45) is 0 Å². The van der Waals surface area contributed by atoms with Crippen molar-refractivity contribution in [1.29, 1.82) is 0 Å². The molecular formula is C18H16N2O4S2. The Morgan fingerprint density at radius 2 is 2.12 bits per heavy atom. The molecule has 0 N–H and O–H groups in total. The fourth-order valence-electron chi connectivity index (χ4n) is 2.81. The van der Waals surface area contributed by atoms with Crippen LogP contribution in [-0.2, 0) is 9.53 Å². The molecule has 1 aliphatic heterocycles. The molecule has 0 aliphatic carbocycles. The van der Waals surface area contributed by atoms with E-state index in [0.717, 1.165) is 15.2 Å². The molecule has 2 aromatic heterocycles. The normalized spacial score (nSPS) is 17.4. The fraction of sp³-hybridized carbons (Fsp3) is 0.278. The van der Waals surface area contributed by atoms with Crippen LogP contribution < -0.4 is 0 Å². The lowest BCUT2D eigenvalue weighted by molar-refractivity contribution is -0.140. The molecular weight excluding hydrogens is 372 g/mol. The van der Waals surface area contributed by atoms with E-state index in [9.17, 15) is 9.59 Å². The predicted octanol–water partition coefficient (Wildman–Crippen LogP) is 3.29. The number of fused-ring (bicyclic) bond motifs is 1. The summed E-state index contributed by atoms with van der Waals surface area (Å²) in [6, 6.07) is 11.3. The Kier molecular flexibility index (Phi) is 4.69. The number of esters is 1. The minimum Gasteiger partial charge on any atom is -0.468 e. The second kappa shape index (κ2) is 7.13. The Balaban J connectivity index is 1.53. The third-order valence-electron chi connectivity index (χ3n) is 4.14. The molecule has 3 aromatic rings. The first kappa shape index (κ1) is 17.1. The number of amides is 1. The third-order valence-corrected chi connectivity index (χ3v) is 6.35. The van der Waals surface area contributed by atoms with Gasteiger partial charge in [-0.1, -0.05) is 12.1 Å². The van der Waals surface area contributed by atoms with Gasteiger partial charge in [0.2, 0.25) is 0 Å². The van der Waals surface area contributed by atoms with E-state index in [1.54, 1.807) is 17.0 Å². The van der Waals surface area contributed by atoms with Gasteiger partial charge in [-0.15, -0.1) is 23.1 Å². The highest BCUT2D eigenvalue weighted by Gasteiger charge is 2.31. The maximum absolute atomic E-state index is 12.7.